The van der Waals surface area contributed by atoms with Crippen molar-refractivity contribution in [2.24, 2.45) is 11.5 Å². The lowest BCUT2D eigenvalue weighted by Gasteiger charge is -2.18. The number of carbonyl (C=O) groups excluding carboxylic acids is 3. The molecule has 5 N–H and O–H groups in total. The monoisotopic (exact) mass is 387 g/mol. The van der Waals surface area contributed by atoms with E-state index >= 15 is 0 Å². The van der Waals surface area contributed by atoms with E-state index in [1.54, 1.807) is 0 Å². The fourth-order valence-electron chi connectivity index (χ4n) is 3.18. The van der Waals surface area contributed by atoms with Crippen molar-refractivity contribution in [3.63, 3.8) is 0 Å². The van der Waals surface area contributed by atoms with Crippen LogP contribution in [0, 0.1) is 0 Å². The van der Waals surface area contributed by atoms with Crippen LogP contribution < -0.4 is 16.8 Å². The Kier molecular flexibility index (Phi) is 6.04. The third-order valence-electron chi connectivity index (χ3n) is 4.58. The first-order chi connectivity index (χ1) is 13.9. The fraction of sp³-hybridized carbons (Fsp3) is 0.0870. The van der Waals surface area contributed by atoms with Crippen molar-refractivity contribution in [2.75, 3.05) is 5.32 Å². The van der Waals surface area contributed by atoms with Gasteiger partial charge in [0, 0.05) is 29.2 Å². The number of amides is 3. The van der Waals surface area contributed by atoms with Crippen LogP contribution in [-0.4, -0.2) is 17.7 Å². The number of rotatable bonds is 7. The minimum Gasteiger partial charge on any atom is -0.366 e. The molecule has 0 fully saturated rings. The van der Waals surface area contributed by atoms with Gasteiger partial charge < -0.3 is 16.8 Å². The van der Waals surface area contributed by atoms with Gasteiger partial charge in [0.15, 0.2) is 0 Å². The van der Waals surface area contributed by atoms with Crippen molar-refractivity contribution >= 4 is 23.4 Å². The highest BCUT2D eigenvalue weighted by atomic mass is 16.2. The lowest BCUT2D eigenvalue weighted by molar-refractivity contribution is -0.116. The average Bonchev–Trinajstić information content (AvgIpc) is 2.73. The number of benzene rings is 3. The highest BCUT2D eigenvalue weighted by Gasteiger charge is 2.19. The highest BCUT2D eigenvalue weighted by molar-refractivity contribution is 6.01. The van der Waals surface area contributed by atoms with Gasteiger partial charge in [0.25, 0.3) is 0 Å². The van der Waals surface area contributed by atoms with E-state index in [1.165, 1.54) is 18.2 Å². The molecule has 3 aromatic rings. The van der Waals surface area contributed by atoms with Crippen molar-refractivity contribution in [3.05, 3.63) is 101 Å². The zero-order chi connectivity index (χ0) is 20.8. The van der Waals surface area contributed by atoms with Gasteiger partial charge in [-0.3, -0.25) is 14.4 Å². The molecule has 0 heterocycles. The van der Waals surface area contributed by atoms with Crippen LogP contribution in [-0.2, 0) is 4.79 Å². The molecule has 0 saturated heterocycles. The molecule has 3 amide bonds. The normalized spacial score (nSPS) is 10.5. The molecular formula is C23H21N3O3. The Balaban J connectivity index is 1.86. The van der Waals surface area contributed by atoms with Crippen molar-refractivity contribution in [3.8, 4) is 0 Å². The van der Waals surface area contributed by atoms with Gasteiger partial charge in [-0.25, -0.2) is 0 Å². The van der Waals surface area contributed by atoms with Gasteiger partial charge in [0.2, 0.25) is 17.7 Å². The van der Waals surface area contributed by atoms with Gasteiger partial charge in [-0.1, -0.05) is 60.7 Å². The van der Waals surface area contributed by atoms with E-state index in [9.17, 15) is 14.4 Å². The van der Waals surface area contributed by atoms with E-state index in [-0.39, 0.29) is 29.4 Å². The van der Waals surface area contributed by atoms with E-state index in [4.69, 9.17) is 11.5 Å². The van der Waals surface area contributed by atoms with E-state index < -0.39 is 11.8 Å². The summed E-state index contributed by atoms with van der Waals surface area (Å²) in [5.74, 6) is -1.84. The molecule has 6 heteroatoms. The van der Waals surface area contributed by atoms with Gasteiger partial charge in [0.1, 0.15) is 0 Å². The Hall–Kier alpha value is -3.93. The second kappa shape index (κ2) is 8.84. The molecule has 3 rings (SSSR count). The predicted molar refractivity (Wildman–Crippen MR) is 111 cm³/mol. The Morgan fingerprint density at radius 2 is 1.17 bits per heavy atom. The van der Waals surface area contributed by atoms with E-state index in [1.807, 2.05) is 60.7 Å². The maximum Gasteiger partial charge on any atom is 0.248 e. The molecule has 3 aromatic carbocycles. The van der Waals surface area contributed by atoms with Crippen LogP contribution in [0.2, 0.25) is 0 Å². The van der Waals surface area contributed by atoms with Crippen LogP contribution in [0.25, 0.3) is 0 Å². The maximum atomic E-state index is 12.8. The summed E-state index contributed by atoms with van der Waals surface area (Å²) >= 11 is 0. The quantitative estimate of drug-likeness (QED) is 0.578. The summed E-state index contributed by atoms with van der Waals surface area (Å²) in [6, 6.07) is 23.6. The number of hydrogen-bond acceptors (Lipinski definition) is 3. The second-order valence-electron chi connectivity index (χ2n) is 6.65. The lowest BCUT2D eigenvalue weighted by Crippen LogP contribution is -2.19. The summed E-state index contributed by atoms with van der Waals surface area (Å²) in [4.78, 5) is 35.8. The summed E-state index contributed by atoms with van der Waals surface area (Å²) < 4.78 is 0. The van der Waals surface area contributed by atoms with E-state index in [0.717, 1.165) is 11.1 Å². The van der Waals surface area contributed by atoms with Crippen molar-refractivity contribution < 1.29 is 14.4 Å². The summed E-state index contributed by atoms with van der Waals surface area (Å²) in [7, 11) is 0. The largest absolute Gasteiger partial charge is 0.366 e. The standard InChI is InChI=1S/C23H21N3O3/c24-22(28)17-11-18(23(25)29)13-19(12-17)26-21(27)14-20(15-7-3-1-4-8-15)16-9-5-2-6-10-16/h1-13,20H,14H2,(H2,24,28)(H2,25,29)(H,26,27). The van der Waals surface area contributed by atoms with Crippen LogP contribution >= 0.6 is 0 Å². The van der Waals surface area contributed by atoms with E-state index in [2.05, 4.69) is 5.32 Å². The van der Waals surface area contributed by atoms with E-state index in [0.29, 0.717) is 5.69 Å². The molecule has 0 aliphatic carbocycles. The number of primary amides is 2. The second-order valence-corrected chi connectivity index (χ2v) is 6.65. The molecule has 0 aromatic heterocycles. The molecule has 0 spiro atoms. The minimum absolute atomic E-state index is 0.0965. The molecule has 0 bridgehead atoms. The summed E-state index contributed by atoms with van der Waals surface area (Å²) in [6.45, 7) is 0. The Bertz CT molecular complexity index is 962. The van der Waals surface area contributed by atoms with Crippen molar-refractivity contribution in [1.29, 1.82) is 0 Å². The molecule has 0 radical (unpaired) electrons. The summed E-state index contributed by atoms with van der Waals surface area (Å²) in [6.07, 6.45) is 0.181. The smallest absolute Gasteiger partial charge is 0.248 e. The molecule has 0 saturated carbocycles. The highest BCUT2D eigenvalue weighted by Crippen LogP contribution is 2.28. The molecule has 0 unspecified atom stereocenters. The first-order valence-electron chi connectivity index (χ1n) is 9.08. The molecule has 6 nitrogen and oxygen atoms in total. The van der Waals surface area contributed by atoms with Crippen LogP contribution in [0.5, 0.6) is 0 Å². The minimum atomic E-state index is -0.713. The van der Waals surface area contributed by atoms with Gasteiger partial charge in [-0.05, 0) is 29.3 Å². The van der Waals surface area contributed by atoms with Crippen LogP contribution in [0.4, 0.5) is 5.69 Å². The number of nitrogens with two attached hydrogens (primary N) is 2. The first kappa shape index (κ1) is 19.8. The number of nitrogens with one attached hydrogen (secondary N) is 1. The van der Waals surface area contributed by atoms with Gasteiger partial charge in [-0.15, -0.1) is 0 Å². The fourth-order valence-corrected chi connectivity index (χ4v) is 3.18. The molecular weight excluding hydrogens is 366 g/mol. The van der Waals surface area contributed by atoms with Gasteiger partial charge >= 0.3 is 0 Å². The summed E-state index contributed by atoms with van der Waals surface area (Å²) in [5, 5.41) is 2.75. The zero-order valence-corrected chi connectivity index (χ0v) is 15.7. The molecule has 146 valence electrons. The van der Waals surface area contributed by atoms with Crippen LogP contribution in [0.1, 0.15) is 44.2 Å². The van der Waals surface area contributed by atoms with Crippen LogP contribution in [0.15, 0.2) is 78.9 Å². The average molecular weight is 387 g/mol. The maximum absolute atomic E-state index is 12.8. The van der Waals surface area contributed by atoms with Gasteiger partial charge in [0.05, 0.1) is 0 Å². The van der Waals surface area contributed by atoms with Gasteiger partial charge in [-0.2, -0.15) is 0 Å². The molecule has 29 heavy (non-hydrogen) atoms. The molecule has 0 aliphatic rings. The third-order valence-corrected chi connectivity index (χ3v) is 4.58. The zero-order valence-electron chi connectivity index (χ0n) is 15.7. The number of anilines is 1. The van der Waals surface area contributed by atoms with Crippen molar-refractivity contribution in [1.82, 2.24) is 0 Å². The predicted octanol–water partition coefficient (Wildman–Crippen LogP) is 3.05. The summed E-state index contributed by atoms with van der Waals surface area (Å²) in [5.41, 5.74) is 13.1. The Morgan fingerprint density at radius 3 is 1.59 bits per heavy atom. The SMILES string of the molecule is NC(=O)c1cc(NC(=O)CC(c2ccccc2)c2ccccc2)cc(C(N)=O)c1. The number of carbonyl (C=O) groups is 3. The third kappa shape index (κ3) is 5.07. The topological polar surface area (TPSA) is 115 Å². The van der Waals surface area contributed by atoms with Crippen LogP contribution in [0.3, 0.4) is 0 Å². The Labute approximate surface area is 168 Å². The van der Waals surface area contributed by atoms with Crippen molar-refractivity contribution in [2.45, 2.75) is 12.3 Å². The first-order valence-corrected chi connectivity index (χ1v) is 9.08. The Morgan fingerprint density at radius 1 is 0.724 bits per heavy atom. The number of hydrogen-bond donors (Lipinski definition) is 3. The molecule has 0 aliphatic heterocycles. The molecule has 0 atom stereocenters. The lowest BCUT2D eigenvalue weighted by atomic mass is 9.88.